The number of halogens is 4. The molecule has 19 heavy (non-hydrogen) atoms. The van der Waals surface area contributed by atoms with Crippen LogP contribution >= 0.6 is 23.2 Å². The molecule has 0 bridgehead atoms. The molecule has 1 N–H and O–H groups in total. The Bertz CT molecular complexity index is 647. The van der Waals surface area contributed by atoms with Gasteiger partial charge in [-0.3, -0.25) is 4.79 Å². The number of nitrogens with one attached hydrogen (secondary N) is 1. The van der Waals surface area contributed by atoms with Crippen LogP contribution in [0.15, 0.2) is 36.4 Å². The summed E-state index contributed by atoms with van der Waals surface area (Å²) in [6, 6.07) is 7.29. The van der Waals surface area contributed by atoms with Gasteiger partial charge in [0.15, 0.2) is 0 Å². The molecule has 1 amide bonds. The molecule has 0 unspecified atom stereocenters. The van der Waals surface area contributed by atoms with Crippen molar-refractivity contribution in [2.24, 2.45) is 0 Å². The maximum atomic E-state index is 13.5. The summed E-state index contributed by atoms with van der Waals surface area (Å²) in [5.41, 5.74) is 0.0590. The fourth-order valence-corrected chi connectivity index (χ4v) is 1.80. The average molecular weight is 302 g/mol. The van der Waals surface area contributed by atoms with E-state index in [0.717, 1.165) is 12.1 Å². The van der Waals surface area contributed by atoms with E-state index in [4.69, 9.17) is 23.2 Å². The van der Waals surface area contributed by atoms with Gasteiger partial charge in [-0.1, -0.05) is 23.2 Å². The number of hydrogen-bond acceptors (Lipinski definition) is 1. The van der Waals surface area contributed by atoms with Gasteiger partial charge in [0, 0.05) is 10.7 Å². The van der Waals surface area contributed by atoms with Gasteiger partial charge in [0.1, 0.15) is 11.6 Å². The van der Waals surface area contributed by atoms with Crippen molar-refractivity contribution in [2.45, 2.75) is 0 Å². The highest BCUT2D eigenvalue weighted by Crippen LogP contribution is 2.21. The number of carbonyl (C=O) groups excluding carboxylic acids is 1. The molecule has 0 heterocycles. The van der Waals surface area contributed by atoms with E-state index in [0.29, 0.717) is 0 Å². The first-order valence-electron chi connectivity index (χ1n) is 5.19. The quantitative estimate of drug-likeness (QED) is 0.868. The first kappa shape index (κ1) is 13.8. The maximum absolute atomic E-state index is 13.5. The van der Waals surface area contributed by atoms with Crippen molar-refractivity contribution in [1.29, 1.82) is 0 Å². The van der Waals surface area contributed by atoms with E-state index in [1.807, 2.05) is 0 Å². The van der Waals surface area contributed by atoms with E-state index in [1.165, 1.54) is 24.3 Å². The van der Waals surface area contributed by atoms with Gasteiger partial charge in [-0.05, 0) is 36.4 Å². The SMILES string of the molecule is O=C(Nc1ccc(F)c(Cl)c1)c1cc(Cl)ccc1F. The highest BCUT2D eigenvalue weighted by molar-refractivity contribution is 6.31. The van der Waals surface area contributed by atoms with E-state index >= 15 is 0 Å². The minimum absolute atomic E-state index is 0.135. The van der Waals surface area contributed by atoms with Gasteiger partial charge < -0.3 is 5.32 Å². The number of hydrogen-bond donors (Lipinski definition) is 1. The molecule has 2 nitrogen and oxygen atoms in total. The predicted octanol–water partition coefficient (Wildman–Crippen LogP) is 4.52. The highest BCUT2D eigenvalue weighted by atomic mass is 35.5. The maximum Gasteiger partial charge on any atom is 0.258 e. The van der Waals surface area contributed by atoms with Crippen LogP contribution in [0.4, 0.5) is 14.5 Å². The second kappa shape index (κ2) is 5.55. The molecule has 2 aromatic carbocycles. The second-order valence-electron chi connectivity index (χ2n) is 3.71. The van der Waals surface area contributed by atoms with Gasteiger partial charge in [0.25, 0.3) is 5.91 Å². The zero-order chi connectivity index (χ0) is 14.0. The van der Waals surface area contributed by atoms with E-state index in [9.17, 15) is 13.6 Å². The normalized spacial score (nSPS) is 10.3. The summed E-state index contributed by atoms with van der Waals surface area (Å²) in [7, 11) is 0. The fraction of sp³-hybridized carbons (Fsp3) is 0. The summed E-state index contributed by atoms with van der Waals surface area (Å²) in [6.45, 7) is 0. The molecular weight excluding hydrogens is 295 g/mol. The summed E-state index contributed by atoms with van der Waals surface area (Å²) in [5.74, 6) is -1.99. The van der Waals surface area contributed by atoms with Gasteiger partial charge in [-0.25, -0.2) is 8.78 Å². The van der Waals surface area contributed by atoms with Crippen LogP contribution in [0.5, 0.6) is 0 Å². The number of anilines is 1. The zero-order valence-corrected chi connectivity index (χ0v) is 10.9. The summed E-state index contributed by atoms with van der Waals surface area (Å²) >= 11 is 11.3. The number of amides is 1. The zero-order valence-electron chi connectivity index (χ0n) is 9.38. The van der Waals surface area contributed by atoms with Crippen LogP contribution in [0, 0.1) is 11.6 Å². The summed E-state index contributed by atoms with van der Waals surface area (Å²) in [5, 5.41) is 2.51. The lowest BCUT2D eigenvalue weighted by Crippen LogP contribution is -2.13. The average Bonchev–Trinajstić information content (AvgIpc) is 2.36. The Balaban J connectivity index is 2.25. The summed E-state index contributed by atoms with van der Waals surface area (Å²) < 4.78 is 26.4. The van der Waals surface area contributed by atoms with E-state index in [-0.39, 0.29) is 21.3 Å². The largest absolute Gasteiger partial charge is 0.322 e. The molecule has 0 aliphatic carbocycles. The molecule has 0 aliphatic rings. The van der Waals surface area contributed by atoms with Crippen LogP contribution in [0.25, 0.3) is 0 Å². The van der Waals surface area contributed by atoms with Gasteiger partial charge in [0.2, 0.25) is 0 Å². The molecule has 2 rings (SSSR count). The fourth-order valence-electron chi connectivity index (χ4n) is 1.44. The van der Waals surface area contributed by atoms with Crippen LogP contribution in [0.3, 0.4) is 0 Å². The first-order chi connectivity index (χ1) is 8.97. The van der Waals surface area contributed by atoms with Gasteiger partial charge in [-0.2, -0.15) is 0 Å². The molecular formula is C13H7Cl2F2NO. The topological polar surface area (TPSA) is 29.1 Å². The highest BCUT2D eigenvalue weighted by Gasteiger charge is 2.13. The van der Waals surface area contributed by atoms with Crippen molar-refractivity contribution in [3.8, 4) is 0 Å². The van der Waals surface area contributed by atoms with Gasteiger partial charge >= 0.3 is 0 Å². The Morgan fingerprint density at radius 1 is 1.00 bits per heavy atom. The summed E-state index contributed by atoms with van der Waals surface area (Å²) in [4.78, 5) is 11.8. The van der Waals surface area contributed by atoms with Crippen LogP contribution in [0.2, 0.25) is 10.0 Å². The molecule has 6 heteroatoms. The van der Waals surface area contributed by atoms with E-state index < -0.39 is 17.5 Å². The molecule has 98 valence electrons. The van der Waals surface area contributed by atoms with Crippen LogP contribution in [-0.4, -0.2) is 5.91 Å². The lowest BCUT2D eigenvalue weighted by Gasteiger charge is -2.07. The van der Waals surface area contributed by atoms with Crippen molar-refractivity contribution in [1.82, 2.24) is 0 Å². The Kier molecular flexibility index (Phi) is 4.02. The molecule has 0 spiro atoms. The van der Waals surface area contributed by atoms with Crippen LogP contribution < -0.4 is 5.32 Å². The van der Waals surface area contributed by atoms with Gasteiger partial charge in [-0.15, -0.1) is 0 Å². The van der Waals surface area contributed by atoms with Crippen molar-refractivity contribution < 1.29 is 13.6 Å². The smallest absolute Gasteiger partial charge is 0.258 e. The van der Waals surface area contributed by atoms with Crippen molar-refractivity contribution in [3.05, 3.63) is 63.6 Å². The summed E-state index contributed by atoms with van der Waals surface area (Å²) in [6.07, 6.45) is 0. The Labute approximate surface area is 118 Å². The predicted molar refractivity (Wildman–Crippen MR) is 70.8 cm³/mol. The van der Waals surface area contributed by atoms with Crippen molar-refractivity contribution in [3.63, 3.8) is 0 Å². The minimum Gasteiger partial charge on any atom is -0.322 e. The number of carbonyl (C=O) groups is 1. The second-order valence-corrected chi connectivity index (χ2v) is 4.55. The Hall–Kier alpha value is -1.65. The monoisotopic (exact) mass is 301 g/mol. The molecule has 0 aliphatic heterocycles. The van der Waals surface area contributed by atoms with Gasteiger partial charge in [0.05, 0.1) is 10.6 Å². The molecule has 0 aromatic heterocycles. The lowest BCUT2D eigenvalue weighted by molar-refractivity contribution is 0.102. The van der Waals surface area contributed by atoms with E-state index in [2.05, 4.69) is 5.32 Å². The van der Waals surface area contributed by atoms with Crippen molar-refractivity contribution in [2.75, 3.05) is 5.32 Å². The number of rotatable bonds is 2. The van der Waals surface area contributed by atoms with E-state index in [1.54, 1.807) is 0 Å². The molecule has 0 fully saturated rings. The first-order valence-corrected chi connectivity index (χ1v) is 5.94. The Morgan fingerprint density at radius 3 is 2.37 bits per heavy atom. The molecule has 0 saturated carbocycles. The third-order valence-corrected chi connectivity index (χ3v) is 2.88. The third kappa shape index (κ3) is 3.22. The molecule has 0 atom stereocenters. The molecule has 0 radical (unpaired) electrons. The molecule has 2 aromatic rings. The molecule has 0 saturated heterocycles. The number of benzene rings is 2. The standard InChI is InChI=1S/C13H7Cl2F2NO/c14-7-1-3-11(16)9(5-7)13(19)18-8-2-4-12(17)10(15)6-8/h1-6H,(H,18,19). The lowest BCUT2D eigenvalue weighted by atomic mass is 10.2. The third-order valence-electron chi connectivity index (χ3n) is 2.35. The van der Waals surface area contributed by atoms with Crippen molar-refractivity contribution >= 4 is 34.8 Å². The van der Waals surface area contributed by atoms with Crippen LogP contribution in [0.1, 0.15) is 10.4 Å². The minimum atomic E-state index is -0.699. The van der Waals surface area contributed by atoms with Crippen LogP contribution in [-0.2, 0) is 0 Å². The Morgan fingerprint density at radius 2 is 1.68 bits per heavy atom.